The average Bonchev–Trinajstić information content (AvgIpc) is 2.08. The Hall–Kier alpha value is -0.910. The van der Waals surface area contributed by atoms with E-state index in [4.69, 9.17) is 5.11 Å². The number of hydrogen-bond acceptors (Lipinski definition) is 4. The lowest BCUT2D eigenvalue weighted by Gasteiger charge is -2.32. The highest BCUT2D eigenvalue weighted by atomic mass is 16.4. The summed E-state index contributed by atoms with van der Waals surface area (Å²) in [6.07, 6.45) is 0. The van der Waals surface area contributed by atoms with E-state index in [1.165, 1.54) is 0 Å². The maximum atomic E-state index is 10.6. The predicted octanol–water partition coefficient (Wildman–Crippen LogP) is -1.06. The van der Waals surface area contributed by atoms with E-state index in [1.54, 1.807) is 21.1 Å². The zero-order chi connectivity index (χ0) is 9.78. The largest absolute Gasteiger partial charge is 0.478 e. The first-order chi connectivity index (χ1) is 5.54. The summed E-state index contributed by atoms with van der Waals surface area (Å²) in [5.41, 5.74) is 0.0231. The van der Waals surface area contributed by atoms with Gasteiger partial charge in [0.05, 0.1) is 5.57 Å². The highest BCUT2D eigenvalue weighted by molar-refractivity contribution is 5.88. The van der Waals surface area contributed by atoms with Crippen LogP contribution in [0, 0.1) is 0 Å². The van der Waals surface area contributed by atoms with E-state index in [0.29, 0.717) is 0 Å². The van der Waals surface area contributed by atoms with Gasteiger partial charge in [-0.3, -0.25) is 16.0 Å². The van der Waals surface area contributed by atoms with Gasteiger partial charge in [0.25, 0.3) is 0 Å². The van der Waals surface area contributed by atoms with Crippen molar-refractivity contribution in [2.24, 2.45) is 0 Å². The number of carboxylic acids is 1. The second kappa shape index (κ2) is 4.20. The van der Waals surface area contributed by atoms with Crippen LogP contribution in [-0.2, 0) is 4.79 Å². The van der Waals surface area contributed by atoms with Crippen molar-refractivity contribution in [3.05, 3.63) is 12.2 Å². The highest BCUT2D eigenvalue weighted by Crippen LogP contribution is 2.06. The molecule has 0 aromatic heterocycles. The molecular formula is C7H15N3O2. The van der Waals surface area contributed by atoms with E-state index in [1.807, 2.05) is 0 Å². The molecule has 0 unspecified atom stereocenters. The van der Waals surface area contributed by atoms with E-state index in [-0.39, 0.29) is 5.57 Å². The van der Waals surface area contributed by atoms with Crippen molar-refractivity contribution < 1.29 is 9.90 Å². The molecule has 0 aliphatic rings. The van der Waals surface area contributed by atoms with Crippen molar-refractivity contribution in [1.82, 2.24) is 16.0 Å². The molecule has 0 heterocycles. The van der Waals surface area contributed by atoms with Crippen LogP contribution in [0.4, 0.5) is 0 Å². The summed E-state index contributed by atoms with van der Waals surface area (Å²) in [6.45, 7) is 3.45. The minimum atomic E-state index is -1.05. The molecule has 12 heavy (non-hydrogen) atoms. The molecule has 5 heteroatoms. The van der Waals surface area contributed by atoms with Gasteiger partial charge in [-0.05, 0) is 21.1 Å². The van der Waals surface area contributed by atoms with Gasteiger partial charge in [-0.15, -0.1) is 0 Å². The summed E-state index contributed by atoms with van der Waals surface area (Å²) in [5.74, 6) is -1.99. The Morgan fingerprint density at radius 2 is 1.58 bits per heavy atom. The zero-order valence-electron chi connectivity index (χ0n) is 7.56. The van der Waals surface area contributed by atoms with Crippen molar-refractivity contribution in [1.29, 1.82) is 0 Å². The van der Waals surface area contributed by atoms with Gasteiger partial charge in [-0.1, -0.05) is 6.58 Å². The van der Waals surface area contributed by atoms with Gasteiger partial charge in [0.15, 0.2) is 5.79 Å². The van der Waals surface area contributed by atoms with Gasteiger partial charge in [0, 0.05) is 0 Å². The summed E-state index contributed by atoms with van der Waals surface area (Å²) >= 11 is 0. The topological polar surface area (TPSA) is 73.4 Å². The Morgan fingerprint density at radius 3 is 1.67 bits per heavy atom. The van der Waals surface area contributed by atoms with E-state index in [2.05, 4.69) is 22.5 Å². The zero-order valence-corrected chi connectivity index (χ0v) is 7.56. The predicted molar refractivity (Wildman–Crippen MR) is 46.7 cm³/mol. The number of rotatable bonds is 5. The molecule has 0 amide bonds. The molecule has 0 spiro atoms. The third-order valence-corrected chi connectivity index (χ3v) is 1.84. The maximum Gasteiger partial charge on any atom is 0.335 e. The van der Waals surface area contributed by atoms with Crippen LogP contribution in [-0.4, -0.2) is 38.0 Å². The van der Waals surface area contributed by atoms with E-state index >= 15 is 0 Å². The lowest BCUT2D eigenvalue weighted by Crippen LogP contribution is -2.65. The van der Waals surface area contributed by atoms with E-state index in [9.17, 15) is 4.79 Å². The first-order valence-electron chi connectivity index (χ1n) is 3.53. The second-order valence-electron chi connectivity index (χ2n) is 2.28. The summed E-state index contributed by atoms with van der Waals surface area (Å²) in [5, 5.41) is 17.1. The molecule has 0 saturated heterocycles. The van der Waals surface area contributed by atoms with Crippen LogP contribution in [0.3, 0.4) is 0 Å². The molecule has 0 aliphatic carbocycles. The SMILES string of the molecule is C=C(C(=O)O)C(NC)(NC)NC. The van der Waals surface area contributed by atoms with Crippen LogP contribution in [0.5, 0.6) is 0 Å². The van der Waals surface area contributed by atoms with Gasteiger partial charge in [-0.25, -0.2) is 4.79 Å². The fraction of sp³-hybridized carbons (Fsp3) is 0.571. The fourth-order valence-electron chi connectivity index (χ4n) is 0.988. The first-order valence-corrected chi connectivity index (χ1v) is 3.53. The molecule has 0 atom stereocenters. The molecule has 0 rings (SSSR count). The van der Waals surface area contributed by atoms with Crippen LogP contribution in [0.2, 0.25) is 0 Å². The quantitative estimate of drug-likeness (QED) is 0.315. The molecule has 4 N–H and O–H groups in total. The van der Waals surface area contributed by atoms with Crippen molar-refractivity contribution in [2.45, 2.75) is 5.79 Å². The van der Waals surface area contributed by atoms with E-state index in [0.717, 1.165) is 0 Å². The lowest BCUT2D eigenvalue weighted by molar-refractivity contribution is -0.133. The summed E-state index contributed by atoms with van der Waals surface area (Å²) < 4.78 is 0. The Balaban J connectivity index is 4.71. The molecule has 70 valence electrons. The van der Waals surface area contributed by atoms with Crippen molar-refractivity contribution in [3.8, 4) is 0 Å². The van der Waals surface area contributed by atoms with E-state index < -0.39 is 11.8 Å². The van der Waals surface area contributed by atoms with Crippen LogP contribution in [0.1, 0.15) is 0 Å². The molecular weight excluding hydrogens is 158 g/mol. The third kappa shape index (κ3) is 1.82. The number of carboxylic acid groups (broad SMARTS) is 1. The number of likely N-dealkylation sites (N-methyl/N-ethyl adjacent to an activating group) is 3. The molecule has 0 aromatic carbocycles. The monoisotopic (exact) mass is 173 g/mol. The minimum absolute atomic E-state index is 0.0231. The minimum Gasteiger partial charge on any atom is -0.478 e. The molecule has 5 nitrogen and oxygen atoms in total. The average molecular weight is 173 g/mol. The number of aliphatic carboxylic acids is 1. The van der Waals surface area contributed by atoms with Crippen molar-refractivity contribution in [2.75, 3.05) is 21.1 Å². The van der Waals surface area contributed by atoms with Crippen molar-refractivity contribution >= 4 is 5.97 Å². The van der Waals surface area contributed by atoms with Crippen LogP contribution >= 0.6 is 0 Å². The van der Waals surface area contributed by atoms with Gasteiger partial charge in [0.1, 0.15) is 0 Å². The Bertz CT molecular complexity index is 179. The maximum absolute atomic E-state index is 10.6. The molecule has 0 radical (unpaired) electrons. The first kappa shape index (κ1) is 11.1. The Labute approximate surface area is 71.8 Å². The Kier molecular flexibility index (Phi) is 3.88. The van der Waals surface area contributed by atoms with Gasteiger partial charge >= 0.3 is 5.97 Å². The van der Waals surface area contributed by atoms with Crippen LogP contribution in [0.25, 0.3) is 0 Å². The fourth-order valence-corrected chi connectivity index (χ4v) is 0.988. The standard InChI is InChI=1S/C7H15N3O2/c1-5(6(11)12)7(8-2,9-3)10-4/h8-10H,1H2,2-4H3,(H,11,12). The molecule has 0 saturated carbocycles. The summed E-state index contributed by atoms with van der Waals surface area (Å²) in [4.78, 5) is 10.6. The smallest absolute Gasteiger partial charge is 0.335 e. The van der Waals surface area contributed by atoms with Gasteiger partial charge < -0.3 is 5.11 Å². The van der Waals surface area contributed by atoms with Gasteiger partial charge in [-0.2, -0.15) is 0 Å². The normalized spacial score (nSPS) is 11.2. The summed E-state index contributed by atoms with van der Waals surface area (Å²) in [6, 6.07) is 0. The molecule has 0 fully saturated rings. The molecule has 0 aromatic rings. The summed E-state index contributed by atoms with van der Waals surface area (Å²) in [7, 11) is 4.92. The molecule has 0 aliphatic heterocycles. The lowest BCUT2D eigenvalue weighted by atomic mass is 10.1. The van der Waals surface area contributed by atoms with Crippen LogP contribution < -0.4 is 16.0 Å². The second-order valence-corrected chi connectivity index (χ2v) is 2.28. The van der Waals surface area contributed by atoms with Crippen LogP contribution in [0.15, 0.2) is 12.2 Å². The van der Waals surface area contributed by atoms with Gasteiger partial charge in [0.2, 0.25) is 0 Å². The Morgan fingerprint density at radius 1 is 1.25 bits per heavy atom. The number of carbonyl (C=O) groups is 1. The molecule has 0 bridgehead atoms. The van der Waals surface area contributed by atoms with Crippen molar-refractivity contribution in [3.63, 3.8) is 0 Å². The highest BCUT2D eigenvalue weighted by Gasteiger charge is 2.31. The number of hydrogen-bond donors (Lipinski definition) is 4. The third-order valence-electron chi connectivity index (χ3n) is 1.84. The number of nitrogens with one attached hydrogen (secondary N) is 3.